The van der Waals surface area contributed by atoms with Crippen LogP contribution < -0.4 is 19.7 Å². The van der Waals surface area contributed by atoms with Gasteiger partial charge in [-0.2, -0.15) is 9.97 Å². The number of benzene rings is 1. The molecule has 254 valence electrons. The van der Waals surface area contributed by atoms with Crippen LogP contribution in [0.2, 0.25) is 0 Å². The second-order valence-electron chi connectivity index (χ2n) is 14.1. The molecule has 8 rings (SSSR count). The largest absolute Gasteiger partial charge is 0.475 e. The minimum atomic E-state index is -0.922. The number of halogens is 3. The number of thiazole rings is 1. The lowest BCUT2D eigenvalue weighted by molar-refractivity contribution is 0.0636. The summed E-state index contributed by atoms with van der Waals surface area (Å²) >= 11 is 0.903. The van der Waals surface area contributed by atoms with Crippen LogP contribution in [0, 0.1) is 11.6 Å². The van der Waals surface area contributed by atoms with E-state index in [4.69, 9.17) is 19.2 Å². The van der Waals surface area contributed by atoms with Crippen LogP contribution >= 0.6 is 11.3 Å². The Bertz CT molecular complexity index is 1940. The summed E-state index contributed by atoms with van der Waals surface area (Å²) in [7, 11) is 0. The van der Waals surface area contributed by atoms with Crippen molar-refractivity contribution in [3.8, 4) is 23.1 Å². The van der Waals surface area contributed by atoms with E-state index in [0.29, 0.717) is 37.3 Å². The Hall–Kier alpha value is -3.98. The van der Waals surface area contributed by atoms with Crippen molar-refractivity contribution in [2.75, 3.05) is 43.1 Å². The third-order valence-electron chi connectivity index (χ3n) is 9.61. The summed E-state index contributed by atoms with van der Waals surface area (Å²) in [5.74, 6) is -0.704. The molecule has 0 unspecified atom stereocenters. The minimum absolute atomic E-state index is 0.00369. The fourth-order valence-corrected chi connectivity index (χ4v) is 8.43. The normalized spacial score (nSPS) is 23.9. The van der Waals surface area contributed by atoms with Crippen LogP contribution in [-0.2, 0) is 4.74 Å². The first-order valence-corrected chi connectivity index (χ1v) is 17.2. The van der Waals surface area contributed by atoms with Crippen LogP contribution in [0.4, 0.5) is 28.9 Å². The van der Waals surface area contributed by atoms with Crippen LogP contribution in [0.5, 0.6) is 11.9 Å². The zero-order valence-electron chi connectivity index (χ0n) is 26.9. The van der Waals surface area contributed by atoms with Gasteiger partial charge in [-0.05, 0) is 71.6 Å². The van der Waals surface area contributed by atoms with E-state index in [1.165, 1.54) is 12.1 Å². The highest BCUT2D eigenvalue weighted by atomic mass is 32.1. The molecule has 0 saturated carbocycles. The molecule has 0 spiro atoms. The fraction of sp³-hybridized carbons (Fsp3) is 0.545. The van der Waals surface area contributed by atoms with E-state index < -0.39 is 35.0 Å². The van der Waals surface area contributed by atoms with Crippen LogP contribution in [0.1, 0.15) is 59.3 Å². The number of ether oxygens (including phenoxy) is 3. The Kier molecular flexibility index (Phi) is 7.55. The number of carbonyl (C=O) groups excluding carboxylic acids is 1. The highest BCUT2D eigenvalue weighted by Gasteiger charge is 2.49. The van der Waals surface area contributed by atoms with Crippen LogP contribution in [0.25, 0.3) is 32.4 Å². The van der Waals surface area contributed by atoms with Gasteiger partial charge in [0.25, 0.3) is 0 Å². The van der Waals surface area contributed by atoms with Crippen molar-refractivity contribution in [1.29, 1.82) is 0 Å². The van der Waals surface area contributed by atoms with Gasteiger partial charge in [0.05, 0.1) is 21.8 Å². The first-order chi connectivity index (χ1) is 23.0. The van der Waals surface area contributed by atoms with Gasteiger partial charge in [-0.15, -0.1) is 0 Å². The van der Waals surface area contributed by atoms with Crippen molar-refractivity contribution in [3.63, 3.8) is 0 Å². The molecule has 1 N–H and O–H groups in total. The van der Waals surface area contributed by atoms with Crippen molar-refractivity contribution >= 4 is 49.5 Å². The predicted octanol–water partition coefficient (Wildman–Crippen LogP) is 6.63. The lowest BCUT2D eigenvalue weighted by Crippen LogP contribution is -2.44. The number of anilines is 2. The molecule has 4 aliphatic heterocycles. The molecular formula is C33H36F3N7O4S. The standard InChI is InChI=1S/C33H36F3N7O4S/c1-32(2,3)47-31(44)41-30-39-24-19(8-9-20(35)26(24)48-30)23-22(36)25-21-27(43-12-5-4-7-18(43)15-45-28(21)37-23)40-29(38-25)46-16-33-10-6-11-42(33)14-17(34)13-33/h8-9,17-18H,4-7,10-16H2,1-3H3,(H,39,41,44)/t17-,18+,33+/m1/s1. The first kappa shape index (κ1) is 31.3. The number of carbonyl (C=O) groups is 1. The maximum atomic E-state index is 16.9. The van der Waals surface area contributed by atoms with Crippen molar-refractivity contribution in [1.82, 2.24) is 24.8 Å². The molecule has 7 heterocycles. The number of pyridine rings is 1. The Morgan fingerprint density at radius 2 is 1.98 bits per heavy atom. The third kappa shape index (κ3) is 5.44. The monoisotopic (exact) mass is 683 g/mol. The van der Waals surface area contributed by atoms with Gasteiger partial charge in [-0.25, -0.2) is 27.9 Å². The van der Waals surface area contributed by atoms with Crippen molar-refractivity contribution < 1.29 is 32.2 Å². The molecule has 3 fully saturated rings. The summed E-state index contributed by atoms with van der Waals surface area (Å²) < 4.78 is 64.4. The molecule has 1 amide bonds. The van der Waals surface area contributed by atoms with E-state index in [9.17, 15) is 9.18 Å². The molecule has 15 heteroatoms. The van der Waals surface area contributed by atoms with Crippen LogP contribution in [-0.4, -0.2) is 87.1 Å². The number of rotatable bonds is 5. The topological polar surface area (TPSA) is 115 Å². The van der Waals surface area contributed by atoms with Gasteiger partial charge in [0.1, 0.15) is 53.2 Å². The second kappa shape index (κ2) is 11.6. The summed E-state index contributed by atoms with van der Waals surface area (Å²) in [6.07, 6.45) is 3.29. The molecule has 0 radical (unpaired) electrons. The average molecular weight is 684 g/mol. The number of nitrogens with zero attached hydrogens (tertiary/aromatic N) is 6. The minimum Gasteiger partial charge on any atom is -0.475 e. The lowest BCUT2D eigenvalue weighted by Gasteiger charge is -2.35. The molecule has 3 atom stereocenters. The quantitative estimate of drug-likeness (QED) is 0.246. The van der Waals surface area contributed by atoms with E-state index in [2.05, 4.69) is 30.1 Å². The number of piperidine rings is 1. The average Bonchev–Trinajstić information content (AvgIpc) is 3.68. The molecule has 4 aromatic rings. The molecular weight excluding hydrogens is 647 g/mol. The molecule has 3 aromatic heterocycles. The summed E-state index contributed by atoms with van der Waals surface area (Å²) in [4.78, 5) is 35.2. The maximum Gasteiger partial charge on any atom is 0.413 e. The second-order valence-corrected chi connectivity index (χ2v) is 15.1. The number of aromatic nitrogens is 4. The predicted molar refractivity (Wildman–Crippen MR) is 175 cm³/mol. The fourth-order valence-electron chi connectivity index (χ4n) is 7.55. The van der Waals surface area contributed by atoms with Crippen molar-refractivity contribution in [2.45, 2.75) is 82.6 Å². The van der Waals surface area contributed by atoms with E-state index in [1.807, 2.05) is 0 Å². The van der Waals surface area contributed by atoms with E-state index in [1.54, 1.807) is 20.8 Å². The van der Waals surface area contributed by atoms with E-state index in [-0.39, 0.29) is 56.7 Å². The highest BCUT2D eigenvalue weighted by molar-refractivity contribution is 7.22. The maximum absolute atomic E-state index is 16.9. The van der Waals surface area contributed by atoms with E-state index in [0.717, 1.165) is 50.0 Å². The van der Waals surface area contributed by atoms with Crippen LogP contribution in [0.3, 0.4) is 0 Å². The SMILES string of the molecule is CC(C)(C)OC(=O)Nc1nc2c(-c3nc4c5c(nc(OC[C@@]67CCCN6C[C@H](F)C7)nc5c3F)N3CCCC[C@H]3CO4)ccc(F)c2s1. The zero-order valence-corrected chi connectivity index (χ0v) is 27.8. The van der Waals surface area contributed by atoms with Gasteiger partial charge < -0.3 is 19.1 Å². The summed E-state index contributed by atoms with van der Waals surface area (Å²) in [6.45, 7) is 7.57. The third-order valence-corrected chi connectivity index (χ3v) is 10.6. The zero-order chi connectivity index (χ0) is 33.4. The number of nitrogens with one attached hydrogen (secondary N) is 1. The van der Waals surface area contributed by atoms with Gasteiger partial charge in [0, 0.05) is 25.1 Å². The van der Waals surface area contributed by atoms with Gasteiger partial charge >= 0.3 is 12.1 Å². The number of amides is 1. The molecule has 0 bridgehead atoms. The number of hydrogen-bond donors (Lipinski definition) is 1. The first-order valence-electron chi connectivity index (χ1n) is 16.4. The molecule has 1 aromatic carbocycles. The van der Waals surface area contributed by atoms with Gasteiger partial charge in [0.15, 0.2) is 10.9 Å². The van der Waals surface area contributed by atoms with Gasteiger partial charge in [0.2, 0.25) is 5.88 Å². The lowest BCUT2D eigenvalue weighted by atomic mass is 9.95. The van der Waals surface area contributed by atoms with Crippen LogP contribution in [0.15, 0.2) is 12.1 Å². The smallest absolute Gasteiger partial charge is 0.413 e. The Morgan fingerprint density at radius 1 is 1.12 bits per heavy atom. The van der Waals surface area contributed by atoms with Gasteiger partial charge in [-0.3, -0.25) is 10.2 Å². The summed E-state index contributed by atoms with van der Waals surface area (Å²) in [5, 5.41) is 2.97. The molecule has 0 aliphatic carbocycles. The number of hydrogen-bond acceptors (Lipinski definition) is 11. The van der Waals surface area contributed by atoms with Gasteiger partial charge in [-0.1, -0.05) is 11.3 Å². The molecule has 48 heavy (non-hydrogen) atoms. The number of fused-ring (bicyclic) bond motifs is 4. The Morgan fingerprint density at radius 3 is 2.81 bits per heavy atom. The summed E-state index contributed by atoms with van der Waals surface area (Å²) in [6, 6.07) is 2.60. The number of alkyl halides is 1. The Balaban J connectivity index is 1.24. The van der Waals surface area contributed by atoms with Crippen molar-refractivity contribution in [3.05, 3.63) is 23.8 Å². The Labute approximate surface area is 278 Å². The highest BCUT2D eigenvalue weighted by Crippen LogP contribution is 2.45. The summed E-state index contributed by atoms with van der Waals surface area (Å²) in [5.41, 5.74) is -1.06. The molecule has 3 saturated heterocycles. The van der Waals surface area contributed by atoms with E-state index >= 15 is 8.78 Å². The molecule has 11 nitrogen and oxygen atoms in total. The molecule has 4 aliphatic rings. The van der Waals surface area contributed by atoms with Crippen molar-refractivity contribution in [2.24, 2.45) is 0 Å².